The van der Waals surface area contributed by atoms with Crippen molar-refractivity contribution in [3.05, 3.63) is 11.6 Å². The highest BCUT2D eigenvalue weighted by atomic mass is 35.5. The zero-order chi connectivity index (χ0) is 7.56. The van der Waals surface area contributed by atoms with Crippen LogP contribution in [-0.2, 0) is 0 Å². The maximum absolute atomic E-state index is 5.56. The Balaban J connectivity index is 1.91. The van der Waals surface area contributed by atoms with Crippen LogP contribution in [0.5, 0.6) is 0 Å². The third kappa shape index (κ3) is 2.72. The van der Waals surface area contributed by atoms with Crippen molar-refractivity contribution in [2.45, 2.75) is 13.3 Å². The second kappa shape index (κ2) is 3.40. The van der Waals surface area contributed by atoms with E-state index in [1.807, 2.05) is 0 Å². The van der Waals surface area contributed by atoms with Crippen molar-refractivity contribution in [2.24, 2.45) is 11.8 Å². The molecule has 0 spiro atoms. The molecule has 0 saturated heterocycles. The molecule has 10 heavy (non-hydrogen) atoms. The van der Waals surface area contributed by atoms with E-state index in [0.717, 1.165) is 24.9 Å². The van der Waals surface area contributed by atoms with Gasteiger partial charge >= 0.3 is 0 Å². The second-order valence-corrected chi connectivity index (χ2v) is 3.66. The topological polar surface area (TPSA) is 12.0 Å². The van der Waals surface area contributed by atoms with E-state index in [4.69, 9.17) is 11.6 Å². The highest BCUT2D eigenvalue weighted by Crippen LogP contribution is 2.36. The highest BCUT2D eigenvalue weighted by Gasteiger charge is 2.31. The van der Waals surface area contributed by atoms with Gasteiger partial charge in [-0.15, -0.1) is 0 Å². The Morgan fingerprint density at radius 2 is 2.40 bits per heavy atom. The van der Waals surface area contributed by atoms with Gasteiger partial charge in [0.2, 0.25) is 0 Å². The molecule has 2 heteroatoms. The molecule has 1 saturated carbocycles. The van der Waals surface area contributed by atoms with Crippen molar-refractivity contribution in [2.75, 3.05) is 13.1 Å². The van der Waals surface area contributed by atoms with E-state index >= 15 is 0 Å². The van der Waals surface area contributed by atoms with E-state index in [9.17, 15) is 0 Å². The fourth-order valence-corrected chi connectivity index (χ4v) is 1.17. The molecule has 1 nitrogen and oxygen atoms in total. The van der Waals surface area contributed by atoms with E-state index in [-0.39, 0.29) is 0 Å². The summed E-state index contributed by atoms with van der Waals surface area (Å²) in [6.07, 6.45) is 1.38. The molecule has 0 aliphatic heterocycles. The second-order valence-electron chi connectivity index (χ2n) is 3.12. The minimum Gasteiger partial charge on any atom is -0.312 e. The predicted molar refractivity (Wildman–Crippen MR) is 45.1 cm³/mol. The first-order valence-corrected chi connectivity index (χ1v) is 4.12. The molecular formula is C8H14ClN. The quantitative estimate of drug-likeness (QED) is 0.662. The minimum atomic E-state index is 0.702. The lowest BCUT2D eigenvalue weighted by Gasteiger charge is -1.99. The van der Waals surface area contributed by atoms with Crippen LogP contribution in [0.3, 0.4) is 0 Å². The number of hydrogen-bond acceptors (Lipinski definition) is 1. The molecule has 1 aliphatic carbocycles. The molecular weight excluding hydrogens is 146 g/mol. The number of hydrogen-bond donors (Lipinski definition) is 1. The summed E-state index contributed by atoms with van der Waals surface area (Å²) in [4.78, 5) is 0. The molecule has 1 aliphatic rings. The van der Waals surface area contributed by atoms with Gasteiger partial charge in [-0.05, 0) is 24.8 Å². The maximum Gasteiger partial charge on any atom is 0.0307 e. The number of halogens is 1. The predicted octanol–water partition coefficient (Wildman–Crippen LogP) is 1.98. The zero-order valence-electron chi connectivity index (χ0n) is 6.36. The summed E-state index contributed by atoms with van der Waals surface area (Å²) in [6, 6.07) is 0. The van der Waals surface area contributed by atoms with Gasteiger partial charge in [-0.1, -0.05) is 25.1 Å². The molecule has 2 atom stereocenters. The average Bonchev–Trinajstić information content (AvgIpc) is 2.46. The van der Waals surface area contributed by atoms with Crippen molar-refractivity contribution in [1.82, 2.24) is 5.32 Å². The Kier molecular flexibility index (Phi) is 2.75. The Labute approximate surface area is 67.5 Å². The van der Waals surface area contributed by atoms with Crippen molar-refractivity contribution in [3.8, 4) is 0 Å². The van der Waals surface area contributed by atoms with Crippen LogP contribution in [0.15, 0.2) is 11.6 Å². The van der Waals surface area contributed by atoms with Gasteiger partial charge in [0.1, 0.15) is 0 Å². The smallest absolute Gasteiger partial charge is 0.0307 e. The molecule has 0 amide bonds. The van der Waals surface area contributed by atoms with Gasteiger partial charge in [0.05, 0.1) is 0 Å². The molecule has 58 valence electrons. The molecule has 2 unspecified atom stereocenters. The van der Waals surface area contributed by atoms with Crippen molar-refractivity contribution in [3.63, 3.8) is 0 Å². The van der Waals surface area contributed by atoms with Crippen LogP contribution < -0.4 is 5.32 Å². The van der Waals surface area contributed by atoms with Crippen molar-refractivity contribution < 1.29 is 0 Å². The minimum absolute atomic E-state index is 0.702. The summed E-state index contributed by atoms with van der Waals surface area (Å²) in [5.41, 5.74) is 0. The first-order valence-electron chi connectivity index (χ1n) is 3.74. The Bertz CT molecular complexity index is 133. The molecule has 0 aromatic rings. The monoisotopic (exact) mass is 159 g/mol. The fraction of sp³-hybridized carbons (Fsp3) is 0.750. The van der Waals surface area contributed by atoms with E-state index < -0.39 is 0 Å². The average molecular weight is 160 g/mol. The first kappa shape index (κ1) is 8.09. The van der Waals surface area contributed by atoms with Gasteiger partial charge in [-0.2, -0.15) is 0 Å². The summed E-state index contributed by atoms with van der Waals surface area (Å²) in [5, 5.41) is 3.95. The molecule has 0 aromatic heterocycles. The van der Waals surface area contributed by atoms with Gasteiger partial charge in [0.25, 0.3) is 0 Å². The van der Waals surface area contributed by atoms with Crippen LogP contribution in [0.4, 0.5) is 0 Å². The summed E-state index contributed by atoms with van der Waals surface area (Å²) in [7, 11) is 0. The molecule has 1 N–H and O–H groups in total. The summed E-state index contributed by atoms with van der Waals surface area (Å²) < 4.78 is 0. The van der Waals surface area contributed by atoms with E-state index in [0.29, 0.717) is 5.03 Å². The highest BCUT2D eigenvalue weighted by molar-refractivity contribution is 6.29. The third-order valence-corrected chi connectivity index (χ3v) is 2.13. The van der Waals surface area contributed by atoms with Crippen LogP contribution in [-0.4, -0.2) is 13.1 Å². The lowest BCUT2D eigenvalue weighted by atomic mass is 10.3. The van der Waals surface area contributed by atoms with Crippen LogP contribution in [0, 0.1) is 11.8 Å². The summed E-state index contributed by atoms with van der Waals surface area (Å²) in [5.74, 6) is 1.83. The third-order valence-electron chi connectivity index (χ3n) is 2.00. The summed E-state index contributed by atoms with van der Waals surface area (Å²) in [6.45, 7) is 7.73. The SMILES string of the molecule is C=C(Cl)CNCC1CC1C. The number of nitrogens with one attached hydrogen (secondary N) is 1. The van der Waals surface area contributed by atoms with Crippen molar-refractivity contribution in [1.29, 1.82) is 0 Å². The van der Waals surface area contributed by atoms with Gasteiger partial charge < -0.3 is 5.32 Å². The van der Waals surface area contributed by atoms with Crippen LogP contribution >= 0.6 is 11.6 Å². The molecule has 1 fully saturated rings. The molecule has 0 heterocycles. The lowest BCUT2D eigenvalue weighted by Crippen LogP contribution is -2.18. The summed E-state index contributed by atoms with van der Waals surface area (Å²) >= 11 is 5.56. The van der Waals surface area contributed by atoms with Gasteiger partial charge in [-0.3, -0.25) is 0 Å². The van der Waals surface area contributed by atoms with Crippen molar-refractivity contribution >= 4 is 11.6 Å². The maximum atomic E-state index is 5.56. The fourth-order valence-electron chi connectivity index (χ4n) is 1.08. The standard InChI is InChI=1S/C8H14ClN/c1-6-3-8(6)5-10-4-7(2)9/h6,8,10H,2-5H2,1H3. The Morgan fingerprint density at radius 1 is 1.80 bits per heavy atom. The Hall–Kier alpha value is -0.0100. The molecule has 0 bridgehead atoms. The van der Waals surface area contributed by atoms with Crippen LogP contribution in [0.2, 0.25) is 0 Å². The van der Waals surface area contributed by atoms with Gasteiger partial charge in [0, 0.05) is 11.6 Å². The Morgan fingerprint density at radius 3 is 2.80 bits per heavy atom. The van der Waals surface area contributed by atoms with Gasteiger partial charge in [-0.25, -0.2) is 0 Å². The first-order chi connectivity index (χ1) is 4.70. The molecule has 0 aromatic carbocycles. The normalized spacial score (nSPS) is 30.2. The molecule has 1 rings (SSSR count). The molecule has 0 radical (unpaired) electrons. The van der Waals surface area contributed by atoms with E-state index in [1.165, 1.54) is 6.42 Å². The zero-order valence-corrected chi connectivity index (χ0v) is 7.12. The number of rotatable bonds is 4. The van der Waals surface area contributed by atoms with Crippen LogP contribution in [0.25, 0.3) is 0 Å². The van der Waals surface area contributed by atoms with Crippen LogP contribution in [0.1, 0.15) is 13.3 Å². The van der Waals surface area contributed by atoms with E-state index in [2.05, 4.69) is 18.8 Å². The van der Waals surface area contributed by atoms with E-state index in [1.54, 1.807) is 0 Å². The lowest BCUT2D eigenvalue weighted by molar-refractivity contribution is 0.645. The van der Waals surface area contributed by atoms with Gasteiger partial charge in [0.15, 0.2) is 0 Å². The largest absolute Gasteiger partial charge is 0.312 e.